The first kappa shape index (κ1) is 29.4. The van der Waals surface area contributed by atoms with Crippen LogP contribution in [-0.2, 0) is 0 Å². The summed E-state index contributed by atoms with van der Waals surface area (Å²) in [5, 5.41) is 3.16. The van der Waals surface area contributed by atoms with E-state index in [4.69, 9.17) is 13.9 Å². The first-order valence-electron chi connectivity index (χ1n) is 16.9. The number of furan rings is 1. The largest absolute Gasteiger partial charge is 0.455 e. The van der Waals surface area contributed by atoms with Crippen molar-refractivity contribution in [2.45, 2.75) is 0 Å². The van der Waals surface area contributed by atoms with Crippen molar-refractivity contribution in [3.8, 4) is 55.7 Å². The molecule has 0 spiro atoms. The molecule has 242 valence electrons. The molecule has 2 aromatic heterocycles. The minimum absolute atomic E-state index is 0.692. The molecular formula is C46H29NO3S. The summed E-state index contributed by atoms with van der Waals surface area (Å²) in [6, 6.07) is 60.7. The van der Waals surface area contributed by atoms with E-state index in [1.165, 1.54) is 5.56 Å². The van der Waals surface area contributed by atoms with Gasteiger partial charge in [-0.05, 0) is 64.7 Å². The number of ether oxygens (including phenoxy) is 2. The molecule has 1 aliphatic heterocycles. The van der Waals surface area contributed by atoms with Crippen LogP contribution >= 0.6 is 11.3 Å². The number of fused-ring (bicyclic) bond motifs is 5. The molecule has 5 heteroatoms. The van der Waals surface area contributed by atoms with Crippen LogP contribution in [0.25, 0.3) is 54.6 Å². The summed E-state index contributed by atoms with van der Waals surface area (Å²) in [6.45, 7) is 0. The van der Waals surface area contributed by atoms with Crippen LogP contribution in [0, 0.1) is 0 Å². The van der Waals surface area contributed by atoms with E-state index < -0.39 is 0 Å². The molecule has 0 bridgehead atoms. The fourth-order valence-corrected chi connectivity index (χ4v) is 8.12. The number of benzene rings is 7. The number of rotatable bonds is 6. The Balaban J connectivity index is 1.13. The summed E-state index contributed by atoms with van der Waals surface area (Å²) < 4.78 is 19.8. The van der Waals surface area contributed by atoms with Crippen LogP contribution in [0.3, 0.4) is 0 Å². The highest BCUT2D eigenvalue weighted by Crippen LogP contribution is 2.61. The van der Waals surface area contributed by atoms with Gasteiger partial charge in [0, 0.05) is 27.7 Å². The highest BCUT2D eigenvalue weighted by Gasteiger charge is 2.32. The molecule has 0 amide bonds. The molecule has 0 saturated carbocycles. The Morgan fingerprint density at radius 3 is 1.67 bits per heavy atom. The van der Waals surface area contributed by atoms with E-state index in [-0.39, 0.29) is 0 Å². The molecular weight excluding hydrogens is 647 g/mol. The van der Waals surface area contributed by atoms with Crippen molar-refractivity contribution < 1.29 is 13.9 Å². The molecule has 0 fully saturated rings. The van der Waals surface area contributed by atoms with Crippen LogP contribution in [0.4, 0.5) is 16.4 Å². The van der Waals surface area contributed by atoms with Gasteiger partial charge in [0.25, 0.3) is 0 Å². The zero-order valence-corrected chi connectivity index (χ0v) is 28.1. The standard InChI is InChI=1S/C46H29NO3S/c1-3-12-30(13-4-1)31-22-26-34(27-23-31)47(35-28-24-32(25-29-35)36-17-11-18-38-37-16-7-8-19-39(37)48-42(36)38)46-44-43(45(51-46)33-14-5-2-6-15-33)49-40-20-9-10-21-41(40)50-44/h1-29H. The Labute approximate surface area is 299 Å². The Hall–Kier alpha value is -6.56. The van der Waals surface area contributed by atoms with Gasteiger partial charge in [0.15, 0.2) is 17.2 Å². The van der Waals surface area contributed by atoms with Gasteiger partial charge in [-0.3, -0.25) is 4.90 Å². The third-order valence-corrected chi connectivity index (χ3v) is 10.6. The molecule has 51 heavy (non-hydrogen) atoms. The van der Waals surface area contributed by atoms with E-state index in [9.17, 15) is 0 Å². The average molecular weight is 676 g/mol. The van der Waals surface area contributed by atoms with Crippen molar-refractivity contribution in [3.05, 3.63) is 176 Å². The lowest BCUT2D eigenvalue weighted by atomic mass is 10.0. The minimum Gasteiger partial charge on any atom is -0.455 e. The van der Waals surface area contributed by atoms with Crippen LogP contribution in [0.1, 0.15) is 0 Å². The van der Waals surface area contributed by atoms with Crippen LogP contribution in [-0.4, -0.2) is 0 Å². The van der Waals surface area contributed by atoms with E-state index >= 15 is 0 Å². The highest BCUT2D eigenvalue weighted by atomic mass is 32.1. The van der Waals surface area contributed by atoms with E-state index in [0.29, 0.717) is 17.2 Å². The van der Waals surface area contributed by atoms with Gasteiger partial charge in [0.1, 0.15) is 16.2 Å². The maximum atomic E-state index is 6.73. The topological polar surface area (TPSA) is 34.8 Å². The molecule has 0 aliphatic carbocycles. The van der Waals surface area contributed by atoms with Crippen LogP contribution in [0.5, 0.6) is 23.0 Å². The zero-order valence-electron chi connectivity index (χ0n) is 27.3. The zero-order chi connectivity index (χ0) is 33.7. The van der Waals surface area contributed by atoms with E-state index in [1.807, 2.05) is 48.5 Å². The van der Waals surface area contributed by atoms with E-state index in [2.05, 4.69) is 132 Å². The molecule has 0 radical (unpaired) electrons. The molecule has 0 atom stereocenters. The van der Waals surface area contributed by atoms with E-state index in [1.54, 1.807) is 11.3 Å². The number of para-hydroxylation sites is 4. The quantitative estimate of drug-likeness (QED) is 0.176. The molecule has 1 aliphatic rings. The molecule has 0 N–H and O–H groups in total. The van der Waals surface area contributed by atoms with Crippen molar-refractivity contribution in [3.63, 3.8) is 0 Å². The highest BCUT2D eigenvalue weighted by molar-refractivity contribution is 7.20. The first-order chi connectivity index (χ1) is 25.3. The van der Waals surface area contributed by atoms with Gasteiger partial charge in [0.2, 0.25) is 5.75 Å². The van der Waals surface area contributed by atoms with Gasteiger partial charge < -0.3 is 13.9 Å². The Morgan fingerprint density at radius 1 is 0.412 bits per heavy atom. The van der Waals surface area contributed by atoms with E-state index in [0.717, 1.165) is 71.2 Å². The van der Waals surface area contributed by atoms with Gasteiger partial charge in [-0.25, -0.2) is 0 Å². The lowest BCUT2D eigenvalue weighted by molar-refractivity contribution is 0.364. The SMILES string of the molecule is c1ccc(-c2ccc(N(c3ccc(-c4cccc5c4oc4ccccc45)cc3)c3sc(-c4ccccc4)c4c3Oc3ccccc3O4)cc2)cc1. The second-order valence-corrected chi connectivity index (χ2v) is 13.5. The van der Waals surface area contributed by atoms with Gasteiger partial charge in [-0.1, -0.05) is 133 Å². The lowest BCUT2D eigenvalue weighted by Gasteiger charge is -2.27. The molecule has 9 aromatic rings. The molecule has 10 rings (SSSR count). The van der Waals surface area contributed by atoms with Crippen molar-refractivity contribution in [2.75, 3.05) is 4.90 Å². The van der Waals surface area contributed by atoms with Crippen molar-refractivity contribution >= 4 is 49.7 Å². The van der Waals surface area contributed by atoms with Crippen molar-refractivity contribution in [1.29, 1.82) is 0 Å². The van der Waals surface area contributed by atoms with Crippen LogP contribution < -0.4 is 14.4 Å². The normalized spacial score (nSPS) is 11.8. The first-order valence-corrected chi connectivity index (χ1v) is 17.7. The van der Waals surface area contributed by atoms with Crippen LogP contribution in [0.2, 0.25) is 0 Å². The predicted octanol–water partition coefficient (Wildman–Crippen LogP) is 14.0. The Kier molecular flexibility index (Phi) is 6.96. The number of thiophene rings is 1. The minimum atomic E-state index is 0.692. The monoisotopic (exact) mass is 675 g/mol. The maximum Gasteiger partial charge on any atom is 0.205 e. The number of anilines is 3. The van der Waals surface area contributed by atoms with Crippen LogP contribution in [0.15, 0.2) is 180 Å². The van der Waals surface area contributed by atoms with Gasteiger partial charge in [0.05, 0.1) is 4.88 Å². The van der Waals surface area contributed by atoms with Gasteiger partial charge >= 0.3 is 0 Å². The Morgan fingerprint density at radius 2 is 0.961 bits per heavy atom. The fraction of sp³-hybridized carbons (Fsp3) is 0. The average Bonchev–Trinajstić information content (AvgIpc) is 3.77. The lowest BCUT2D eigenvalue weighted by Crippen LogP contribution is -2.10. The molecule has 4 nitrogen and oxygen atoms in total. The van der Waals surface area contributed by atoms with Crippen molar-refractivity contribution in [1.82, 2.24) is 0 Å². The summed E-state index contributed by atoms with van der Waals surface area (Å²) in [5.74, 6) is 2.81. The Bertz CT molecular complexity index is 2680. The second-order valence-electron chi connectivity index (χ2n) is 12.5. The fourth-order valence-electron chi connectivity index (χ4n) is 6.92. The predicted molar refractivity (Wildman–Crippen MR) is 209 cm³/mol. The number of hydrogen-bond donors (Lipinski definition) is 0. The summed E-state index contributed by atoms with van der Waals surface area (Å²) >= 11 is 1.66. The number of hydrogen-bond acceptors (Lipinski definition) is 5. The van der Waals surface area contributed by atoms with Gasteiger partial charge in [-0.2, -0.15) is 0 Å². The third kappa shape index (κ3) is 5.06. The molecule has 0 unspecified atom stereocenters. The molecule has 7 aromatic carbocycles. The van der Waals surface area contributed by atoms with Gasteiger partial charge in [-0.15, -0.1) is 11.3 Å². The third-order valence-electron chi connectivity index (χ3n) is 9.39. The second kappa shape index (κ2) is 12.1. The summed E-state index contributed by atoms with van der Waals surface area (Å²) in [7, 11) is 0. The number of nitrogens with zero attached hydrogens (tertiary/aromatic N) is 1. The maximum absolute atomic E-state index is 6.73. The summed E-state index contributed by atoms with van der Waals surface area (Å²) in [6.07, 6.45) is 0. The molecule has 0 saturated heterocycles. The molecule has 3 heterocycles. The summed E-state index contributed by atoms with van der Waals surface area (Å²) in [5.41, 5.74) is 9.32. The van der Waals surface area contributed by atoms with Crippen molar-refractivity contribution in [2.24, 2.45) is 0 Å². The smallest absolute Gasteiger partial charge is 0.205 e. The summed E-state index contributed by atoms with van der Waals surface area (Å²) in [4.78, 5) is 3.28.